The maximum Gasteiger partial charge on any atom is 0.192 e. The average molecular weight is 453 g/mol. The summed E-state index contributed by atoms with van der Waals surface area (Å²) >= 11 is 0. The lowest BCUT2D eigenvalue weighted by atomic mass is 10.0. The molecule has 1 N–H and O–H groups in total. The van der Waals surface area contributed by atoms with Crippen molar-refractivity contribution in [3.8, 4) is 23.0 Å². The molecule has 7 nitrogen and oxygen atoms in total. The van der Waals surface area contributed by atoms with Crippen LogP contribution < -0.4 is 18.9 Å². The highest BCUT2D eigenvalue weighted by molar-refractivity contribution is 6.25. The summed E-state index contributed by atoms with van der Waals surface area (Å²) in [6, 6.07) is 10.5. The summed E-state index contributed by atoms with van der Waals surface area (Å²) in [6.45, 7) is 1.31. The van der Waals surface area contributed by atoms with E-state index in [1.807, 2.05) is 6.07 Å². The van der Waals surface area contributed by atoms with Gasteiger partial charge in [-0.25, -0.2) is 0 Å². The molecular formula is C26H28O7. The van der Waals surface area contributed by atoms with Crippen LogP contribution in [-0.2, 0) is 9.59 Å². The van der Waals surface area contributed by atoms with Crippen molar-refractivity contribution >= 4 is 23.7 Å². The van der Waals surface area contributed by atoms with Gasteiger partial charge in [-0.05, 0) is 48.4 Å². The molecule has 2 aromatic rings. The quantitative estimate of drug-likeness (QED) is 0.226. The standard InChI is InChI=1S/C26H28O7/c1-17(27)26(21(29)12-9-19-11-14-23(31-3)25(16-19)33-5)20(28)8-6-7-18-10-13-22(30-2)24(15-18)32-4/h6-7,9-16,27H,8H2,1-5H3/b7-6+,12-9+,26-17+. The molecule has 0 spiro atoms. The highest BCUT2D eigenvalue weighted by atomic mass is 16.5. The van der Waals surface area contributed by atoms with Crippen molar-refractivity contribution in [1.29, 1.82) is 0 Å². The third-order valence-electron chi connectivity index (χ3n) is 4.74. The molecule has 0 aliphatic rings. The minimum atomic E-state index is -0.589. The summed E-state index contributed by atoms with van der Waals surface area (Å²) in [7, 11) is 6.13. The van der Waals surface area contributed by atoms with Gasteiger partial charge in [0.15, 0.2) is 34.6 Å². The van der Waals surface area contributed by atoms with Crippen LogP contribution in [0, 0.1) is 0 Å². The number of carbonyl (C=O) groups is 2. The topological polar surface area (TPSA) is 91.3 Å². The third-order valence-corrected chi connectivity index (χ3v) is 4.74. The predicted octanol–water partition coefficient (Wildman–Crippen LogP) is 4.81. The molecule has 0 radical (unpaired) electrons. The van der Waals surface area contributed by atoms with E-state index in [1.54, 1.807) is 55.7 Å². The monoisotopic (exact) mass is 452 g/mol. The molecule has 0 aliphatic carbocycles. The molecule has 174 valence electrons. The third kappa shape index (κ3) is 6.74. The Hall–Kier alpha value is -4.00. The van der Waals surface area contributed by atoms with Crippen LogP contribution in [0.2, 0.25) is 0 Å². The molecular weight excluding hydrogens is 424 g/mol. The van der Waals surface area contributed by atoms with E-state index in [0.29, 0.717) is 28.6 Å². The van der Waals surface area contributed by atoms with Crippen molar-refractivity contribution in [2.45, 2.75) is 13.3 Å². The first-order valence-electron chi connectivity index (χ1n) is 10.1. The van der Waals surface area contributed by atoms with Crippen LogP contribution in [0.4, 0.5) is 0 Å². The Morgan fingerprint density at radius 2 is 1.27 bits per heavy atom. The average Bonchev–Trinajstić information content (AvgIpc) is 2.82. The summed E-state index contributed by atoms with van der Waals surface area (Å²) in [4.78, 5) is 25.3. The molecule has 33 heavy (non-hydrogen) atoms. The Bertz CT molecular complexity index is 1090. The number of allylic oxidation sites excluding steroid dienone is 4. The molecule has 0 amide bonds. The molecule has 7 heteroatoms. The SMILES string of the molecule is COc1ccc(/C=C/CC(=O)/C(C(=O)/C=C/c2ccc(OC)c(OC)c2)=C(/C)O)cc1OC. The normalized spacial score (nSPS) is 11.9. The summed E-state index contributed by atoms with van der Waals surface area (Å²) < 4.78 is 20.9. The van der Waals surface area contributed by atoms with Crippen LogP contribution in [0.5, 0.6) is 23.0 Å². The number of methoxy groups -OCH3 is 4. The maximum atomic E-state index is 12.6. The molecule has 2 aromatic carbocycles. The first-order chi connectivity index (χ1) is 15.8. The van der Waals surface area contributed by atoms with Crippen LogP contribution in [0.15, 0.2) is 59.9 Å². The van der Waals surface area contributed by atoms with Crippen LogP contribution in [0.25, 0.3) is 12.2 Å². The highest BCUT2D eigenvalue weighted by Crippen LogP contribution is 2.29. The number of hydrogen-bond donors (Lipinski definition) is 1. The lowest BCUT2D eigenvalue weighted by Gasteiger charge is -2.08. The molecule has 0 saturated carbocycles. The fourth-order valence-corrected chi connectivity index (χ4v) is 3.09. The van der Waals surface area contributed by atoms with Gasteiger partial charge in [-0.1, -0.05) is 30.4 Å². The number of aliphatic hydroxyl groups excluding tert-OH is 1. The molecule has 0 atom stereocenters. The molecule has 2 rings (SSSR count). The van der Waals surface area contributed by atoms with Gasteiger partial charge in [-0.15, -0.1) is 0 Å². The number of rotatable bonds is 11. The largest absolute Gasteiger partial charge is 0.512 e. The van der Waals surface area contributed by atoms with E-state index in [0.717, 1.165) is 5.56 Å². The van der Waals surface area contributed by atoms with Gasteiger partial charge in [-0.3, -0.25) is 9.59 Å². The van der Waals surface area contributed by atoms with E-state index in [-0.39, 0.29) is 17.8 Å². The summed E-state index contributed by atoms with van der Waals surface area (Å²) in [5.41, 5.74) is 1.21. The maximum absolute atomic E-state index is 12.6. The van der Waals surface area contributed by atoms with Gasteiger partial charge in [0.1, 0.15) is 11.3 Å². The first kappa shape index (κ1) is 25.3. The number of ether oxygens (including phenoxy) is 4. The Morgan fingerprint density at radius 1 is 0.788 bits per heavy atom. The van der Waals surface area contributed by atoms with Crippen molar-refractivity contribution in [1.82, 2.24) is 0 Å². The van der Waals surface area contributed by atoms with E-state index < -0.39 is 11.6 Å². The number of ketones is 2. The van der Waals surface area contributed by atoms with Gasteiger partial charge in [-0.2, -0.15) is 0 Å². The molecule has 0 aliphatic heterocycles. The number of Topliss-reactive ketones (excluding diaryl/α,β-unsaturated/α-hetero) is 1. The van der Waals surface area contributed by atoms with Crippen molar-refractivity contribution in [2.75, 3.05) is 28.4 Å². The summed E-state index contributed by atoms with van der Waals surface area (Å²) in [5.74, 6) is 0.818. The Balaban J connectivity index is 2.12. The van der Waals surface area contributed by atoms with Crippen molar-refractivity contribution in [3.63, 3.8) is 0 Å². The number of hydrogen-bond acceptors (Lipinski definition) is 7. The van der Waals surface area contributed by atoms with Gasteiger partial charge in [0.05, 0.1) is 28.4 Å². The molecule has 0 unspecified atom stereocenters. The zero-order valence-corrected chi connectivity index (χ0v) is 19.4. The fraction of sp³-hybridized carbons (Fsp3) is 0.231. The summed E-state index contributed by atoms with van der Waals surface area (Å²) in [5, 5.41) is 9.96. The van der Waals surface area contributed by atoms with Crippen molar-refractivity contribution in [2.24, 2.45) is 0 Å². The predicted molar refractivity (Wildman–Crippen MR) is 127 cm³/mol. The van der Waals surface area contributed by atoms with Crippen LogP contribution in [0.3, 0.4) is 0 Å². The second kappa shape index (κ2) is 12.1. The van der Waals surface area contributed by atoms with Crippen molar-refractivity contribution < 1.29 is 33.6 Å². The lowest BCUT2D eigenvalue weighted by molar-refractivity contribution is -0.119. The zero-order chi connectivity index (χ0) is 24.4. The van der Waals surface area contributed by atoms with Crippen LogP contribution in [-0.4, -0.2) is 45.1 Å². The van der Waals surface area contributed by atoms with Crippen LogP contribution in [0.1, 0.15) is 24.5 Å². The Morgan fingerprint density at radius 3 is 1.73 bits per heavy atom. The van der Waals surface area contributed by atoms with Gasteiger partial charge >= 0.3 is 0 Å². The second-order valence-corrected chi connectivity index (χ2v) is 6.92. The van der Waals surface area contributed by atoms with E-state index in [2.05, 4.69) is 0 Å². The van der Waals surface area contributed by atoms with E-state index in [1.165, 1.54) is 34.3 Å². The van der Waals surface area contributed by atoms with E-state index >= 15 is 0 Å². The second-order valence-electron chi connectivity index (χ2n) is 6.92. The van der Waals surface area contributed by atoms with Crippen LogP contribution >= 0.6 is 0 Å². The number of carbonyl (C=O) groups excluding carboxylic acids is 2. The lowest BCUT2D eigenvalue weighted by Crippen LogP contribution is -2.12. The first-order valence-corrected chi connectivity index (χ1v) is 10.1. The van der Waals surface area contributed by atoms with Gasteiger partial charge in [0.25, 0.3) is 0 Å². The van der Waals surface area contributed by atoms with Crippen molar-refractivity contribution in [3.05, 3.63) is 71.0 Å². The van der Waals surface area contributed by atoms with Gasteiger partial charge < -0.3 is 24.1 Å². The fourth-order valence-electron chi connectivity index (χ4n) is 3.09. The molecule has 0 fully saturated rings. The van der Waals surface area contributed by atoms with E-state index in [4.69, 9.17) is 18.9 Å². The molecule has 0 heterocycles. The number of aliphatic hydroxyl groups is 1. The summed E-state index contributed by atoms with van der Waals surface area (Å²) in [6.07, 6.45) is 6.08. The smallest absolute Gasteiger partial charge is 0.192 e. The minimum Gasteiger partial charge on any atom is -0.512 e. The zero-order valence-electron chi connectivity index (χ0n) is 19.4. The van der Waals surface area contributed by atoms with Gasteiger partial charge in [0.2, 0.25) is 0 Å². The molecule has 0 bridgehead atoms. The molecule has 0 aromatic heterocycles. The molecule has 0 saturated heterocycles. The van der Waals surface area contributed by atoms with Gasteiger partial charge in [0, 0.05) is 6.42 Å². The van der Waals surface area contributed by atoms with E-state index in [9.17, 15) is 14.7 Å². The number of benzene rings is 2. The Labute approximate surface area is 193 Å². The minimum absolute atomic E-state index is 0.0580. The highest BCUT2D eigenvalue weighted by Gasteiger charge is 2.18. The Kier molecular flexibility index (Phi) is 9.30.